The van der Waals surface area contributed by atoms with Crippen molar-refractivity contribution in [1.82, 2.24) is 5.32 Å². The minimum atomic E-state index is -1.07. The Balaban J connectivity index is 2.04. The Hall–Kier alpha value is -3.17. The SMILES string of the molecule is COCCOC(=O)C1=C(C)N(c2ccc(C(=O)O)cc2)C(=O)N[C@H]1c1ccc(Br)cc1. The number of methoxy groups -OCH3 is 1. The van der Waals surface area contributed by atoms with Crippen LogP contribution in [0, 0.1) is 0 Å². The summed E-state index contributed by atoms with van der Waals surface area (Å²) >= 11 is 3.38. The third-order valence-corrected chi connectivity index (χ3v) is 5.33. The molecule has 2 aromatic carbocycles. The molecule has 0 aliphatic carbocycles. The summed E-state index contributed by atoms with van der Waals surface area (Å²) in [6, 6.07) is 11.9. The number of urea groups is 1. The summed E-state index contributed by atoms with van der Waals surface area (Å²) in [5, 5.41) is 12.0. The summed E-state index contributed by atoms with van der Waals surface area (Å²) in [4.78, 5) is 38.4. The van der Waals surface area contributed by atoms with Crippen molar-refractivity contribution in [2.24, 2.45) is 0 Å². The van der Waals surface area contributed by atoms with Crippen LogP contribution in [0.5, 0.6) is 0 Å². The zero-order chi connectivity index (χ0) is 22.5. The molecule has 8 nitrogen and oxygen atoms in total. The number of halogens is 1. The van der Waals surface area contributed by atoms with E-state index in [-0.39, 0.29) is 24.4 Å². The lowest BCUT2D eigenvalue weighted by molar-refractivity contribution is -0.140. The van der Waals surface area contributed by atoms with Gasteiger partial charge in [0.2, 0.25) is 0 Å². The van der Waals surface area contributed by atoms with Gasteiger partial charge in [0.05, 0.1) is 29.5 Å². The van der Waals surface area contributed by atoms with Crippen molar-refractivity contribution in [3.63, 3.8) is 0 Å². The van der Waals surface area contributed by atoms with Gasteiger partial charge in [0, 0.05) is 17.3 Å². The van der Waals surface area contributed by atoms with Gasteiger partial charge in [0.1, 0.15) is 6.61 Å². The molecule has 31 heavy (non-hydrogen) atoms. The molecule has 9 heteroatoms. The Kier molecular flexibility index (Phi) is 7.09. The average molecular weight is 489 g/mol. The second-order valence-corrected chi connectivity index (χ2v) is 7.66. The lowest BCUT2D eigenvalue weighted by atomic mass is 9.94. The molecule has 3 rings (SSSR count). The molecule has 2 N–H and O–H groups in total. The van der Waals surface area contributed by atoms with Crippen LogP contribution < -0.4 is 10.2 Å². The number of carbonyl (C=O) groups is 3. The van der Waals surface area contributed by atoms with Gasteiger partial charge in [-0.2, -0.15) is 0 Å². The zero-order valence-electron chi connectivity index (χ0n) is 16.9. The highest BCUT2D eigenvalue weighted by atomic mass is 79.9. The molecule has 0 saturated carbocycles. The number of allylic oxidation sites excluding steroid dienone is 1. The Morgan fingerprint density at radius 1 is 1.10 bits per heavy atom. The summed E-state index contributed by atoms with van der Waals surface area (Å²) in [5.41, 5.74) is 1.91. The Bertz CT molecular complexity index is 1020. The van der Waals surface area contributed by atoms with Crippen molar-refractivity contribution in [3.8, 4) is 0 Å². The molecule has 0 unspecified atom stereocenters. The maximum atomic E-state index is 13.0. The van der Waals surface area contributed by atoms with Gasteiger partial charge in [-0.15, -0.1) is 0 Å². The highest BCUT2D eigenvalue weighted by Crippen LogP contribution is 2.34. The van der Waals surface area contributed by atoms with Gasteiger partial charge in [-0.3, -0.25) is 4.90 Å². The predicted molar refractivity (Wildman–Crippen MR) is 117 cm³/mol. The Morgan fingerprint density at radius 3 is 2.32 bits per heavy atom. The van der Waals surface area contributed by atoms with E-state index in [9.17, 15) is 14.4 Å². The molecule has 1 aliphatic heterocycles. The molecular weight excluding hydrogens is 468 g/mol. The average Bonchev–Trinajstić information content (AvgIpc) is 2.74. The monoisotopic (exact) mass is 488 g/mol. The minimum Gasteiger partial charge on any atom is -0.478 e. The van der Waals surface area contributed by atoms with Crippen LogP contribution in [0.25, 0.3) is 0 Å². The lowest BCUT2D eigenvalue weighted by Crippen LogP contribution is -2.48. The van der Waals surface area contributed by atoms with E-state index in [1.54, 1.807) is 6.92 Å². The van der Waals surface area contributed by atoms with Crippen molar-refractivity contribution in [2.45, 2.75) is 13.0 Å². The largest absolute Gasteiger partial charge is 0.478 e. The number of ether oxygens (including phenoxy) is 2. The number of anilines is 1. The van der Waals surface area contributed by atoms with Gasteiger partial charge in [-0.05, 0) is 48.9 Å². The number of carboxylic acids is 1. The minimum absolute atomic E-state index is 0.0699. The van der Waals surface area contributed by atoms with Crippen LogP contribution in [0.3, 0.4) is 0 Å². The third-order valence-electron chi connectivity index (χ3n) is 4.80. The summed E-state index contributed by atoms with van der Waals surface area (Å²) < 4.78 is 11.2. The summed E-state index contributed by atoms with van der Waals surface area (Å²) in [7, 11) is 1.51. The highest BCUT2D eigenvalue weighted by Gasteiger charge is 2.37. The number of rotatable bonds is 7. The van der Waals surface area contributed by atoms with Crippen LogP contribution in [0.4, 0.5) is 10.5 Å². The first-order valence-electron chi connectivity index (χ1n) is 9.39. The van der Waals surface area contributed by atoms with Gasteiger partial charge in [-0.1, -0.05) is 28.1 Å². The molecule has 0 bridgehead atoms. The molecule has 162 valence electrons. The van der Waals surface area contributed by atoms with Crippen LogP contribution >= 0.6 is 15.9 Å². The van der Waals surface area contributed by atoms with Crippen LogP contribution in [0.1, 0.15) is 28.9 Å². The van der Waals surface area contributed by atoms with Gasteiger partial charge >= 0.3 is 18.0 Å². The molecule has 0 aromatic heterocycles. The molecular formula is C22H21BrN2O6. The van der Waals surface area contributed by atoms with E-state index in [0.29, 0.717) is 11.4 Å². The molecule has 1 heterocycles. The zero-order valence-corrected chi connectivity index (χ0v) is 18.5. The van der Waals surface area contributed by atoms with Crippen molar-refractivity contribution in [3.05, 3.63) is 75.4 Å². The molecule has 1 aliphatic rings. The number of nitrogens with one attached hydrogen (secondary N) is 1. The molecule has 0 radical (unpaired) electrons. The van der Waals surface area contributed by atoms with E-state index >= 15 is 0 Å². The number of aromatic carboxylic acids is 1. The van der Waals surface area contributed by atoms with Crippen molar-refractivity contribution in [2.75, 3.05) is 25.2 Å². The molecule has 2 amide bonds. The summed E-state index contributed by atoms with van der Waals surface area (Å²) in [5.74, 6) is -1.64. The first kappa shape index (κ1) is 22.5. The third kappa shape index (κ3) is 4.95. The second-order valence-electron chi connectivity index (χ2n) is 6.75. The number of amides is 2. The van der Waals surface area contributed by atoms with Crippen LogP contribution in [-0.2, 0) is 14.3 Å². The number of nitrogens with zero attached hydrogens (tertiary/aromatic N) is 1. The van der Waals surface area contributed by atoms with Gasteiger partial charge in [0.25, 0.3) is 0 Å². The second kappa shape index (κ2) is 9.76. The number of benzene rings is 2. The van der Waals surface area contributed by atoms with Gasteiger partial charge in [0.15, 0.2) is 0 Å². The first-order chi connectivity index (χ1) is 14.8. The van der Waals surface area contributed by atoms with E-state index in [4.69, 9.17) is 14.6 Å². The number of carbonyl (C=O) groups excluding carboxylic acids is 2. The Labute approximate surface area is 187 Å². The van der Waals surface area contributed by atoms with Gasteiger partial charge in [-0.25, -0.2) is 14.4 Å². The fourth-order valence-electron chi connectivity index (χ4n) is 3.27. The Morgan fingerprint density at radius 2 is 1.74 bits per heavy atom. The smallest absolute Gasteiger partial charge is 0.338 e. The number of hydrogen-bond donors (Lipinski definition) is 2. The topological polar surface area (TPSA) is 105 Å². The number of hydrogen-bond acceptors (Lipinski definition) is 5. The number of esters is 1. The standard InChI is InChI=1S/C22H21BrN2O6/c1-13-18(21(28)31-12-11-30-2)19(14-3-7-16(23)8-4-14)24-22(29)25(13)17-9-5-15(6-10-17)20(26)27/h3-10,19H,11-12H2,1-2H3,(H,24,29)(H,26,27)/t19-/m0/s1. The van der Waals surface area contributed by atoms with E-state index in [2.05, 4.69) is 21.2 Å². The van der Waals surface area contributed by atoms with Crippen molar-refractivity contribution >= 4 is 39.6 Å². The first-order valence-corrected chi connectivity index (χ1v) is 10.2. The van der Waals surface area contributed by atoms with Gasteiger partial charge < -0.3 is 19.9 Å². The fourth-order valence-corrected chi connectivity index (χ4v) is 3.54. The van der Waals surface area contributed by atoms with Crippen LogP contribution in [-0.4, -0.2) is 43.4 Å². The van der Waals surface area contributed by atoms with E-state index in [0.717, 1.165) is 10.0 Å². The summed E-state index contributed by atoms with van der Waals surface area (Å²) in [6.45, 7) is 1.97. The molecule has 2 aromatic rings. The van der Waals surface area contributed by atoms with E-state index in [1.807, 2.05) is 24.3 Å². The van der Waals surface area contributed by atoms with Crippen LogP contribution in [0.2, 0.25) is 0 Å². The van der Waals surface area contributed by atoms with Crippen molar-refractivity contribution in [1.29, 1.82) is 0 Å². The quantitative estimate of drug-likeness (QED) is 0.452. The van der Waals surface area contributed by atoms with Crippen LogP contribution in [0.15, 0.2) is 64.3 Å². The maximum absolute atomic E-state index is 13.0. The summed E-state index contributed by atoms with van der Waals surface area (Å²) in [6.07, 6.45) is 0. The predicted octanol–water partition coefficient (Wildman–Crippen LogP) is 3.88. The lowest BCUT2D eigenvalue weighted by Gasteiger charge is -2.35. The highest BCUT2D eigenvalue weighted by molar-refractivity contribution is 9.10. The molecule has 0 spiro atoms. The molecule has 0 saturated heterocycles. The van der Waals surface area contributed by atoms with E-state index in [1.165, 1.54) is 36.3 Å². The normalized spacial score (nSPS) is 16.2. The number of carboxylic acid groups (broad SMARTS) is 1. The van der Waals surface area contributed by atoms with E-state index < -0.39 is 24.0 Å². The maximum Gasteiger partial charge on any atom is 0.338 e. The molecule has 1 atom stereocenters. The van der Waals surface area contributed by atoms with Crippen molar-refractivity contribution < 1.29 is 29.0 Å². The fraction of sp³-hybridized carbons (Fsp3) is 0.227. The molecule has 0 fully saturated rings.